The molecule has 0 N–H and O–H groups in total. The molecule has 0 unspecified atom stereocenters. The molecule has 1 aromatic carbocycles. The second-order valence-electron chi connectivity index (χ2n) is 4.43. The number of rotatable bonds is 0. The molecule has 0 heterocycles. The fraction of sp³-hybridized carbons (Fsp3) is 0.467. The van der Waals surface area contributed by atoms with E-state index >= 15 is 0 Å². The Morgan fingerprint density at radius 1 is 0.733 bits per heavy atom. The first-order chi connectivity index (χ1) is 7.47. The molecule has 0 nitrogen and oxygen atoms in total. The molecule has 0 aromatic heterocycles. The fourth-order valence-corrected chi connectivity index (χ4v) is 2.26. The van der Waals surface area contributed by atoms with Crippen molar-refractivity contribution in [1.29, 1.82) is 0 Å². The van der Waals surface area contributed by atoms with E-state index in [2.05, 4.69) is 36.4 Å². The minimum Gasteiger partial charge on any atom is -0.0795 e. The van der Waals surface area contributed by atoms with Crippen molar-refractivity contribution in [1.82, 2.24) is 0 Å². The molecule has 3 rings (SSSR count). The predicted molar refractivity (Wildman–Crippen MR) is 66.9 cm³/mol. The van der Waals surface area contributed by atoms with E-state index in [1.807, 2.05) is 0 Å². The molecule has 0 amide bonds. The van der Waals surface area contributed by atoms with E-state index < -0.39 is 0 Å². The largest absolute Gasteiger partial charge is 0.0795 e. The van der Waals surface area contributed by atoms with Crippen molar-refractivity contribution >= 4 is 6.08 Å². The minimum absolute atomic E-state index is 1.12. The van der Waals surface area contributed by atoms with Crippen LogP contribution in [0.5, 0.6) is 0 Å². The highest BCUT2D eigenvalue weighted by molar-refractivity contribution is 5.59. The molecular formula is C15H20. The smallest absolute Gasteiger partial charge is 0.00882 e. The van der Waals surface area contributed by atoms with Crippen molar-refractivity contribution in [3.8, 4) is 0 Å². The van der Waals surface area contributed by atoms with Crippen LogP contribution in [0.25, 0.3) is 6.08 Å². The Morgan fingerprint density at radius 2 is 1.33 bits per heavy atom. The Morgan fingerprint density at radius 3 is 1.93 bits per heavy atom. The molecule has 0 aliphatic heterocycles. The van der Waals surface area contributed by atoms with Gasteiger partial charge in [-0.1, -0.05) is 74.9 Å². The van der Waals surface area contributed by atoms with Crippen LogP contribution in [0.1, 0.15) is 49.7 Å². The van der Waals surface area contributed by atoms with Crippen LogP contribution in [0.3, 0.4) is 0 Å². The molecule has 0 bridgehead atoms. The standard InChI is InChI=1S/C9H8.C6H12/c1-2-5-9-7-3-6-8(9)4-1;1-2-4-6-5-3-1/h1-6H,7H2;1-6H2. The van der Waals surface area contributed by atoms with Gasteiger partial charge in [-0.05, 0) is 17.5 Å². The van der Waals surface area contributed by atoms with Crippen molar-refractivity contribution in [2.24, 2.45) is 0 Å². The van der Waals surface area contributed by atoms with Gasteiger partial charge in [-0.2, -0.15) is 0 Å². The summed E-state index contributed by atoms with van der Waals surface area (Å²) in [6.45, 7) is 0. The van der Waals surface area contributed by atoms with E-state index in [1.165, 1.54) is 49.7 Å². The second-order valence-corrected chi connectivity index (χ2v) is 4.43. The van der Waals surface area contributed by atoms with E-state index in [9.17, 15) is 0 Å². The molecule has 15 heavy (non-hydrogen) atoms. The summed E-state index contributed by atoms with van der Waals surface area (Å²) in [6, 6.07) is 8.49. The van der Waals surface area contributed by atoms with Crippen LogP contribution in [-0.2, 0) is 6.42 Å². The topological polar surface area (TPSA) is 0 Å². The first-order valence-electron chi connectivity index (χ1n) is 6.21. The molecule has 0 radical (unpaired) electrons. The summed E-state index contributed by atoms with van der Waals surface area (Å²) in [6.07, 6.45) is 14.5. The van der Waals surface area contributed by atoms with Gasteiger partial charge in [0.2, 0.25) is 0 Å². The van der Waals surface area contributed by atoms with Crippen molar-refractivity contribution in [3.63, 3.8) is 0 Å². The third-order valence-electron chi connectivity index (χ3n) is 3.19. The summed E-state index contributed by atoms with van der Waals surface area (Å²) < 4.78 is 0. The highest BCUT2D eigenvalue weighted by atomic mass is 14.0. The van der Waals surface area contributed by atoms with E-state index in [0.717, 1.165) is 6.42 Å². The van der Waals surface area contributed by atoms with Gasteiger partial charge in [-0.15, -0.1) is 0 Å². The van der Waals surface area contributed by atoms with Gasteiger partial charge in [0.25, 0.3) is 0 Å². The van der Waals surface area contributed by atoms with Crippen molar-refractivity contribution in [2.75, 3.05) is 0 Å². The van der Waals surface area contributed by atoms with Gasteiger partial charge in [0.05, 0.1) is 0 Å². The van der Waals surface area contributed by atoms with Crippen LogP contribution in [-0.4, -0.2) is 0 Å². The van der Waals surface area contributed by atoms with Crippen LogP contribution in [0.4, 0.5) is 0 Å². The molecule has 1 saturated carbocycles. The van der Waals surface area contributed by atoms with Gasteiger partial charge in [-0.3, -0.25) is 0 Å². The lowest BCUT2D eigenvalue weighted by atomic mass is 10.0. The predicted octanol–water partition coefficient (Wildman–Crippen LogP) is 4.60. The Kier molecular flexibility index (Phi) is 4.01. The van der Waals surface area contributed by atoms with E-state index in [4.69, 9.17) is 0 Å². The SMILES string of the molecule is C1=Cc2ccccc2C1.C1CCCCC1. The maximum atomic E-state index is 2.20. The van der Waals surface area contributed by atoms with Crippen molar-refractivity contribution in [3.05, 3.63) is 41.5 Å². The van der Waals surface area contributed by atoms with E-state index in [1.54, 1.807) is 0 Å². The van der Waals surface area contributed by atoms with Crippen LogP contribution in [0, 0.1) is 0 Å². The zero-order valence-corrected chi connectivity index (χ0v) is 9.41. The summed E-state index contributed by atoms with van der Waals surface area (Å²) >= 11 is 0. The van der Waals surface area contributed by atoms with Crippen molar-refractivity contribution in [2.45, 2.75) is 44.9 Å². The molecule has 0 atom stereocenters. The lowest BCUT2D eigenvalue weighted by Gasteiger charge is -2.05. The molecule has 0 heteroatoms. The van der Waals surface area contributed by atoms with Gasteiger partial charge in [0, 0.05) is 0 Å². The second kappa shape index (κ2) is 5.75. The first-order valence-corrected chi connectivity index (χ1v) is 6.21. The third kappa shape index (κ3) is 3.23. The quantitative estimate of drug-likeness (QED) is 0.574. The van der Waals surface area contributed by atoms with Crippen molar-refractivity contribution < 1.29 is 0 Å². The Bertz CT molecular complexity index is 307. The number of hydrogen-bond acceptors (Lipinski definition) is 0. The summed E-state index contributed by atoms with van der Waals surface area (Å²) in [5.41, 5.74) is 2.84. The average Bonchev–Trinajstić information content (AvgIpc) is 2.80. The van der Waals surface area contributed by atoms with Gasteiger partial charge < -0.3 is 0 Å². The summed E-state index contributed by atoms with van der Waals surface area (Å²) in [5, 5.41) is 0. The molecule has 0 saturated heterocycles. The third-order valence-corrected chi connectivity index (χ3v) is 3.19. The van der Waals surface area contributed by atoms with Gasteiger partial charge >= 0.3 is 0 Å². The molecule has 2 aliphatic carbocycles. The summed E-state index contributed by atoms with van der Waals surface area (Å²) in [5.74, 6) is 0. The highest BCUT2D eigenvalue weighted by Crippen LogP contribution is 2.17. The van der Waals surface area contributed by atoms with E-state index in [0.29, 0.717) is 0 Å². The van der Waals surface area contributed by atoms with Gasteiger partial charge in [0.1, 0.15) is 0 Å². The van der Waals surface area contributed by atoms with Crippen LogP contribution < -0.4 is 0 Å². The molecule has 80 valence electrons. The Labute approximate surface area is 93.0 Å². The lowest BCUT2D eigenvalue weighted by Crippen LogP contribution is -1.85. The van der Waals surface area contributed by atoms with Crippen LogP contribution >= 0.6 is 0 Å². The number of fused-ring (bicyclic) bond motifs is 1. The summed E-state index contributed by atoms with van der Waals surface area (Å²) in [4.78, 5) is 0. The fourth-order valence-electron chi connectivity index (χ4n) is 2.26. The Hall–Kier alpha value is -1.04. The monoisotopic (exact) mass is 200 g/mol. The zero-order valence-electron chi connectivity index (χ0n) is 9.41. The molecule has 1 aromatic rings. The molecule has 2 aliphatic rings. The normalized spacial score (nSPS) is 17.9. The maximum absolute atomic E-state index is 2.20. The van der Waals surface area contributed by atoms with Crippen LogP contribution in [0.15, 0.2) is 30.3 Å². The van der Waals surface area contributed by atoms with E-state index in [-0.39, 0.29) is 0 Å². The molecular weight excluding hydrogens is 180 g/mol. The molecule has 0 spiro atoms. The first kappa shape index (κ1) is 10.5. The molecule has 1 fully saturated rings. The number of hydrogen-bond donors (Lipinski definition) is 0. The maximum Gasteiger partial charge on any atom is -0.00882 e. The summed E-state index contributed by atoms with van der Waals surface area (Å²) in [7, 11) is 0. The van der Waals surface area contributed by atoms with Gasteiger partial charge in [0.15, 0.2) is 0 Å². The number of benzene rings is 1. The van der Waals surface area contributed by atoms with Gasteiger partial charge in [-0.25, -0.2) is 0 Å². The lowest BCUT2D eigenvalue weighted by molar-refractivity contribution is 0.504. The highest BCUT2D eigenvalue weighted by Gasteiger charge is 2.00. The average molecular weight is 200 g/mol. The number of allylic oxidation sites excluding steroid dienone is 1. The van der Waals surface area contributed by atoms with Crippen LogP contribution in [0.2, 0.25) is 0 Å². The zero-order chi connectivity index (χ0) is 10.3. The Balaban J connectivity index is 0.000000124. The minimum atomic E-state index is 1.12.